The number of aryl methyl sites for hydroxylation is 1. The Morgan fingerprint density at radius 2 is 2.11 bits per heavy atom. The summed E-state index contributed by atoms with van der Waals surface area (Å²) in [6, 6.07) is 3.14. The van der Waals surface area contributed by atoms with E-state index in [1.54, 1.807) is 17.4 Å². The zero-order valence-corrected chi connectivity index (χ0v) is 16.0. The summed E-state index contributed by atoms with van der Waals surface area (Å²) in [5.41, 5.74) is 0.704. The number of alkyl halides is 3. The van der Waals surface area contributed by atoms with Crippen molar-refractivity contribution in [2.75, 3.05) is 19.7 Å². The van der Waals surface area contributed by atoms with Gasteiger partial charge in [0.2, 0.25) is 5.88 Å². The van der Waals surface area contributed by atoms with Gasteiger partial charge in [-0.05, 0) is 25.5 Å². The van der Waals surface area contributed by atoms with Gasteiger partial charge in [0, 0.05) is 42.8 Å². The number of hydrogen-bond donors (Lipinski definition) is 2. The van der Waals surface area contributed by atoms with Gasteiger partial charge in [0.05, 0.1) is 11.6 Å². The van der Waals surface area contributed by atoms with Crippen LogP contribution >= 0.6 is 11.3 Å². The maximum absolute atomic E-state index is 12.2. The van der Waals surface area contributed by atoms with Gasteiger partial charge in [0.15, 0.2) is 12.6 Å². The van der Waals surface area contributed by atoms with Gasteiger partial charge in [-0.15, -0.1) is 11.3 Å². The molecule has 0 aliphatic carbocycles. The number of thiazole rings is 1. The molecular formula is C17H22F3N5OS. The number of aromatic nitrogens is 2. The molecule has 27 heavy (non-hydrogen) atoms. The lowest BCUT2D eigenvalue weighted by Gasteiger charge is -2.11. The lowest BCUT2D eigenvalue weighted by molar-refractivity contribution is -0.154. The number of pyridine rings is 1. The average Bonchev–Trinajstić information content (AvgIpc) is 3.03. The maximum atomic E-state index is 12.2. The van der Waals surface area contributed by atoms with E-state index in [1.807, 2.05) is 20.0 Å². The predicted molar refractivity (Wildman–Crippen MR) is 99.2 cm³/mol. The second kappa shape index (κ2) is 10.1. The van der Waals surface area contributed by atoms with Crippen LogP contribution in [-0.4, -0.2) is 41.8 Å². The van der Waals surface area contributed by atoms with Gasteiger partial charge in [-0.1, -0.05) is 0 Å². The smallest absolute Gasteiger partial charge is 0.422 e. The molecule has 0 amide bonds. The van der Waals surface area contributed by atoms with Crippen LogP contribution in [0.3, 0.4) is 0 Å². The van der Waals surface area contributed by atoms with Crippen LogP contribution in [0.25, 0.3) is 0 Å². The van der Waals surface area contributed by atoms with E-state index in [2.05, 4.69) is 30.3 Å². The molecule has 0 radical (unpaired) electrons. The van der Waals surface area contributed by atoms with E-state index >= 15 is 0 Å². The van der Waals surface area contributed by atoms with E-state index in [0.717, 1.165) is 11.4 Å². The summed E-state index contributed by atoms with van der Waals surface area (Å²) in [5, 5.41) is 7.40. The SMILES string of the molecule is CCNC(=NCc1ccnc(OCC(F)(F)F)c1)NCCc1ncc(C)s1. The quantitative estimate of drug-likeness (QED) is 0.525. The fraction of sp³-hybridized carbons (Fsp3) is 0.471. The number of guanidine groups is 1. The Hall–Kier alpha value is -2.36. The van der Waals surface area contributed by atoms with Gasteiger partial charge in [-0.25, -0.2) is 15.0 Å². The molecule has 10 heteroatoms. The molecule has 2 rings (SSSR count). The van der Waals surface area contributed by atoms with Crippen molar-refractivity contribution in [3.8, 4) is 5.88 Å². The van der Waals surface area contributed by atoms with E-state index in [0.29, 0.717) is 24.6 Å². The average molecular weight is 401 g/mol. The Balaban J connectivity index is 1.89. The number of nitrogens with zero attached hydrogens (tertiary/aromatic N) is 3. The highest BCUT2D eigenvalue weighted by Crippen LogP contribution is 2.17. The van der Waals surface area contributed by atoms with E-state index in [-0.39, 0.29) is 12.4 Å². The minimum Gasteiger partial charge on any atom is -0.468 e. The first-order valence-corrected chi connectivity index (χ1v) is 9.25. The normalized spacial score (nSPS) is 12.1. The Bertz CT molecular complexity index is 748. The number of ether oxygens (including phenoxy) is 1. The summed E-state index contributed by atoms with van der Waals surface area (Å²) >= 11 is 1.66. The van der Waals surface area contributed by atoms with Gasteiger partial charge < -0.3 is 15.4 Å². The summed E-state index contributed by atoms with van der Waals surface area (Å²) in [4.78, 5) is 13.7. The summed E-state index contributed by atoms with van der Waals surface area (Å²) in [5.74, 6) is 0.553. The van der Waals surface area contributed by atoms with Crippen molar-refractivity contribution in [3.05, 3.63) is 40.0 Å². The van der Waals surface area contributed by atoms with Crippen molar-refractivity contribution in [2.24, 2.45) is 4.99 Å². The zero-order valence-electron chi connectivity index (χ0n) is 15.1. The van der Waals surface area contributed by atoms with E-state index in [9.17, 15) is 13.2 Å². The predicted octanol–water partition coefficient (Wildman–Crippen LogP) is 3.09. The van der Waals surface area contributed by atoms with Crippen molar-refractivity contribution in [1.29, 1.82) is 0 Å². The molecule has 0 unspecified atom stereocenters. The number of rotatable bonds is 8. The molecule has 0 aliphatic rings. The monoisotopic (exact) mass is 401 g/mol. The number of halogens is 3. The first-order chi connectivity index (χ1) is 12.9. The summed E-state index contributed by atoms with van der Waals surface area (Å²) in [6.45, 7) is 4.26. The fourth-order valence-corrected chi connectivity index (χ4v) is 2.89. The lowest BCUT2D eigenvalue weighted by atomic mass is 10.3. The first-order valence-electron chi connectivity index (χ1n) is 8.43. The molecule has 0 saturated heterocycles. The van der Waals surface area contributed by atoms with Crippen molar-refractivity contribution < 1.29 is 17.9 Å². The largest absolute Gasteiger partial charge is 0.468 e. The number of hydrogen-bond acceptors (Lipinski definition) is 5. The molecule has 2 aromatic rings. The van der Waals surface area contributed by atoms with Crippen molar-refractivity contribution in [2.45, 2.75) is 33.0 Å². The summed E-state index contributed by atoms with van der Waals surface area (Å²) in [7, 11) is 0. The highest BCUT2D eigenvalue weighted by Gasteiger charge is 2.28. The first kappa shape index (κ1) is 20.9. The highest BCUT2D eigenvalue weighted by atomic mass is 32.1. The van der Waals surface area contributed by atoms with Crippen LogP contribution in [0.2, 0.25) is 0 Å². The standard InChI is InChI=1S/C17H22F3N5OS/c1-3-21-16(23-7-5-15-24-9-12(2)27-15)25-10-13-4-6-22-14(8-13)26-11-17(18,19)20/h4,6,8-9H,3,5,7,10-11H2,1-2H3,(H2,21,23,25). The van der Waals surface area contributed by atoms with Gasteiger partial charge in [0.1, 0.15) is 0 Å². The zero-order chi connectivity index (χ0) is 19.7. The third kappa shape index (κ3) is 8.25. The van der Waals surface area contributed by atoms with Gasteiger partial charge in [-0.3, -0.25) is 0 Å². The molecule has 2 N–H and O–H groups in total. The van der Waals surface area contributed by atoms with Crippen LogP contribution in [0.1, 0.15) is 22.4 Å². The summed E-state index contributed by atoms with van der Waals surface area (Å²) in [6.07, 6.45) is -0.357. The molecule has 148 valence electrons. The van der Waals surface area contributed by atoms with Crippen LogP contribution in [0.15, 0.2) is 29.5 Å². The molecule has 2 heterocycles. The second-order valence-electron chi connectivity index (χ2n) is 5.64. The number of aliphatic imine (C=N–C) groups is 1. The molecule has 0 aromatic carbocycles. The second-order valence-corrected chi connectivity index (χ2v) is 6.96. The van der Waals surface area contributed by atoms with Gasteiger partial charge >= 0.3 is 6.18 Å². The highest BCUT2D eigenvalue weighted by molar-refractivity contribution is 7.11. The molecule has 0 bridgehead atoms. The third-order valence-corrected chi connectivity index (χ3v) is 4.22. The molecule has 0 atom stereocenters. The van der Waals surface area contributed by atoms with Crippen LogP contribution in [0.4, 0.5) is 13.2 Å². The number of nitrogens with one attached hydrogen (secondary N) is 2. The third-order valence-electron chi connectivity index (χ3n) is 3.25. The van der Waals surface area contributed by atoms with E-state index < -0.39 is 12.8 Å². The Kier molecular flexibility index (Phi) is 7.83. The van der Waals surface area contributed by atoms with Crippen LogP contribution in [-0.2, 0) is 13.0 Å². The van der Waals surface area contributed by atoms with Crippen LogP contribution < -0.4 is 15.4 Å². The molecule has 0 fully saturated rings. The van der Waals surface area contributed by atoms with Crippen molar-refractivity contribution >= 4 is 17.3 Å². The Labute approximate surface area is 159 Å². The lowest BCUT2D eigenvalue weighted by Crippen LogP contribution is -2.38. The van der Waals surface area contributed by atoms with Crippen LogP contribution in [0.5, 0.6) is 5.88 Å². The van der Waals surface area contributed by atoms with Gasteiger partial charge in [0.25, 0.3) is 0 Å². The molecular weight excluding hydrogens is 379 g/mol. The maximum Gasteiger partial charge on any atom is 0.422 e. The van der Waals surface area contributed by atoms with Crippen LogP contribution in [0, 0.1) is 6.92 Å². The summed E-state index contributed by atoms with van der Waals surface area (Å²) < 4.78 is 41.3. The minimum atomic E-state index is -4.39. The Morgan fingerprint density at radius 1 is 1.30 bits per heavy atom. The Morgan fingerprint density at radius 3 is 2.78 bits per heavy atom. The molecule has 6 nitrogen and oxygen atoms in total. The molecule has 2 aromatic heterocycles. The molecule has 0 spiro atoms. The van der Waals surface area contributed by atoms with E-state index in [1.165, 1.54) is 17.1 Å². The minimum absolute atomic E-state index is 0.0721. The van der Waals surface area contributed by atoms with Crippen molar-refractivity contribution in [3.63, 3.8) is 0 Å². The molecule has 0 saturated carbocycles. The fourth-order valence-electron chi connectivity index (χ4n) is 2.10. The van der Waals surface area contributed by atoms with E-state index in [4.69, 9.17) is 0 Å². The van der Waals surface area contributed by atoms with Crippen molar-refractivity contribution in [1.82, 2.24) is 20.6 Å². The molecule has 0 aliphatic heterocycles. The topological polar surface area (TPSA) is 71.4 Å². The van der Waals surface area contributed by atoms with Gasteiger partial charge in [-0.2, -0.15) is 13.2 Å².